The first-order valence-corrected chi connectivity index (χ1v) is 8.00. The van der Waals surface area contributed by atoms with E-state index in [4.69, 9.17) is 0 Å². The van der Waals surface area contributed by atoms with Crippen molar-refractivity contribution in [3.63, 3.8) is 0 Å². The van der Waals surface area contributed by atoms with Crippen molar-refractivity contribution in [3.8, 4) is 17.1 Å². The Morgan fingerprint density at radius 2 is 1.77 bits per heavy atom. The maximum Gasteiger partial charge on any atom is 0.416 e. The smallest absolute Gasteiger partial charge is 0.306 e. The molecule has 0 unspecified atom stereocenters. The summed E-state index contributed by atoms with van der Waals surface area (Å²) in [4.78, 5) is 8.67. The van der Waals surface area contributed by atoms with Gasteiger partial charge < -0.3 is 4.57 Å². The number of halogens is 3. The third-order valence-electron chi connectivity index (χ3n) is 4.21. The molecule has 6 heteroatoms. The Morgan fingerprint density at radius 3 is 2.42 bits per heavy atom. The number of aromatic nitrogens is 3. The summed E-state index contributed by atoms with van der Waals surface area (Å²) in [6.07, 6.45) is -1.02. The fourth-order valence-corrected chi connectivity index (χ4v) is 2.96. The van der Waals surface area contributed by atoms with Gasteiger partial charge in [0.2, 0.25) is 0 Å². The van der Waals surface area contributed by atoms with Crippen LogP contribution < -0.4 is 0 Å². The third kappa shape index (κ3) is 2.83. The Morgan fingerprint density at radius 1 is 0.923 bits per heavy atom. The largest absolute Gasteiger partial charge is 0.416 e. The van der Waals surface area contributed by atoms with Gasteiger partial charge in [-0.05, 0) is 55.5 Å². The molecule has 0 radical (unpaired) electrons. The van der Waals surface area contributed by atoms with Crippen LogP contribution in [0.15, 0.2) is 67.0 Å². The van der Waals surface area contributed by atoms with Gasteiger partial charge in [-0.15, -0.1) is 0 Å². The normalized spacial score (nSPS) is 11.8. The van der Waals surface area contributed by atoms with E-state index >= 15 is 0 Å². The summed E-state index contributed by atoms with van der Waals surface area (Å²) in [5, 5.41) is 0.501. The third-order valence-corrected chi connectivity index (χ3v) is 4.21. The molecule has 0 aliphatic rings. The lowest BCUT2D eigenvalue weighted by Crippen LogP contribution is -2.04. The lowest BCUT2D eigenvalue weighted by Gasteiger charge is -2.11. The minimum absolute atomic E-state index is 0.501. The van der Waals surface area contributed by atoms with Crippen molar-refractivity contribution in [2.24, 2.45) is 0 Å². The summed E-state index contributed by atoms with van der Waals surface area (Å²) in [6, 6.07) is 14.7. The van der Waals surface area contributed by atoms with Gasteiger partial charge in [0.25, 0.3) is 0 Å². The number of aryl methyl sites for hydroxylation is 1. The molecule has 0 spiro atoms. The van der Waals surface area contributed by atoms with Crippen LogP contribution in [0, 0.1) is 6.92 Å². The van der Waals surface area contributed by atoms with E-state index in [0.717, 1.165) is 17.4 Å². The highest BCUT2D eigenvalue weighted by molar-refractivity contribution is 5.89. The molecule has 0 amide bonds. The van der Waals surface area contributed by atoms with Crippen molar-refractivity contribution in [1.29, 1.82) is 0 Å². The summed E-state index contributed by atoms with van der Waals surface area (Å²) in [6.45, 7) is 1.88. The van der Waals surface area contributed by atoms with Gasteiger partial charge in [-0.1, -0.05) is 6.07 Å². The van der Waals surface area contributed by atoms with Crippen LogP contribution in [0.3, 0.4) is 0 Å². The minimum atomic E-state index is -4.38. The average Bonchev–Trinajstić information content (AvgIpc) is 3.01. The van der Waals surface area contributed by atoms with Gasteiger partial charge in [0.1, 0.15) is 0 Å². The van der Waals surface area contributed by atoms with Crippen LogP contribution in [0.5, 0.6) is 0 Å². The second-order valence-corrected chi connectivity index (χ2v) is 6.01. The van der Waals surface area contributed by atoms with Crippen molar-refractivity contribution in [2.45, 2.75) is 13.1 Å². The maximum atomic E-state index is 13.1. The molecule has 130 valence electrons. The van der Waals surface area contributed by atoms with Crippen LogP contribution in [-0.2, 0) is 6.18 Å². The molecule has 0 saturated heterocycles. The first kappa shape index (κ1) is 16.3. The molecule has 0 atom stereocenters. The van der Waals surface area contributed by atoms with Gasteiger partial charge in [-0.2, -0.15) is 13.2 Å². The Kier molecular flexibility index (Phi) is 3.76. The fourth-order valence-electron chi connectivity index (χ4n) is 2.96. The van der Waals surface area contributed by atoms with Crippen LogP contribution in [-0.4, -0.2) is 14.5 Å². The van der Waals surface area contributed by atoms with Gasteiger partial charge in [-0.3, -0.25) is 9.97 Å². The number of pyridine rings is 2. The van der Waals surface area contributed by atoms with Crippen molar-refractivity contribution >= 4 is 10.9 Å². The molecule has 4 aromatic rings. The number of alkyl halides is 3. The van der Waals surface area contributed by atoms with Crippen molar-refractivity contribution < 1.29 is 13.2 Å². The van der Waals surface area contributed by atoms with E-state index in [1.54, 1.807) is 24.5 Å². The molecule has 4 rings (SSSR count). The summed E-state index contributed by atoms with van der Waals surface area (Å²) in [7, 11) is 0. The number of hydrogen-bond donors (Lipinski definition) is 0. The summed E-state index contributed by atoms with van der Waals surface area (Å²) in [5.41, 5.74) is 3.03. The minimum Gasteiger partial charge on any atom is -0.306 e. The lowest BCUT2D eigenvalue weighted by atomic mass is 10.1. The highest BCUT2D eigenvalue weighted by atomic mass is 19.4. The standard InChI is InChI=1S/C20H14F3N3/c1-13-5-7-16(12-25-13)26-18-8-6-15(20(21,22)23)10-14(18)11-19(26)17-4-2-3-9-24-17/h2-12H,1H3. The molecule has 0 aliphatic heterocycles. The fraction of sp³-hybridized carbons (Fsp3) is 0.100. The van der Waals surface area contributed by atoms with Gasteiger partial charge in [-0.25, -0.2) is 0 Å². The molecule has 26 heavy (non-hydrogen) atoms. The predicted octanol–water partition coefficient (Wildman–Crippen LogP) is 5.41. The summed E-state index contributed by atoms with van der Waals surface area (Å²) >= 11 is 0. The Bertz CT molecular complexity index is 1070. The SMILES string of the molecule is Cc1ccc(-n2c(-c3ccccn3)cc3cc(C(F)(F)F)ccc32)cn1. The molecular formula is C20H14F3N3. The van der Waals surface area contributed by atoms with E-state index in [1.807, 2.05) is 35.8 Å². The van der Waals surface area contributed by atoms with E-state index in [9.17, 15) is 13.2 Å². The molecule has 3 heterocycles. The van der Waals surface area contributed by atoms with E-state index < -0.39 is 11.7 Å². The average molecular weight is 353 g/mol. The Balaban J connectivity index is 2.01. The first-order valence-electron chi connectivity index (χ1n) is 8.00. The number of nitrogens with zero attached hydrogens (tertiary/aromatic N) is 3. The lowest BCUT2D eigenvalue weighted by molar-refractivity contribution is -0.137. The zero-order chi connectivity index (χ0) is 18.3. The predicted molar refractivity (Wildman–Crippen MR) is 94.0 cm³/mol. The molecule has 0 aliphatic carbocycles. The van der Waals surface area contributed by atoms with Gasteiger partial charge >= 0.3 is 6.18 Å². The molecule has 0 bridgehead atoms. The van der Waals surface area contributed by atoms with Crippen LogP contribution in [0.1, 0.15) is 11.3 Å². The number of hydrogen-bond acceptors (Lipinski definition) is 2. The molecule has 0 saturated carbocycles. The zero-order valence-electron chi connectivity index (χ0n) is 13.8. The number of benzene rings is 1. The zero-order valence-corrected chi connectivity index (χ0v) is 13.8. The number of fused-ring (bicyclic) bond motifs is 1. The molecule has 3 aromatic heterocycles. The number of rotatable bonds is 2. The van der Waals surface area contributed by atoms with E-state index in [-0.39, 0.29) is 0 Å². The molecular weight excluding hydrogens is 339 g/mol. The molecule has 3 nitrogen and oxygen atoms in total. The van der Waals surface area contributed by atoms with Crippen LogP contribution in [0.2, 0.25) is 0 Å². The molecule has 0 N–H and O–H groups in total. The van der Waals surface area contributed by atoms with Crippen molar-refractivity contribution in [2.75, 3.05) is 0 Å². The van der Waals surface area contributed by atoms with Gasteiger partial charge in [0.05, 0.1) is 34.4 Å². The quantitative estimate of drug-likeness (QED) is 0.482. The van der Waals surface area contributed by atoms with Crippen LogP contribution in [0.25, 0.3) is 28.0 Å². The topological polar surface area (TPSA) is 30.7 Å². The molecule has 1 aromatic carbocycles. The van der Waals surface area contributed by atoms with E-state index in [1.165, 1.54) is 12.1 Å². The van der Waals surface area contributed by atoms with Crippen LogP contribution in [0.4, 0.5) is 13.2 Å². The van der Waals surface area contributed by atoms with Gasteiger partial charge in [0, 0.05) is 17.3 Å². The van der Waals surface area contributed by atoms with E-state index in [2.05, 4.69) is 9.97 Å². The highest BCUT2D eigenvalue weighted by Gasteiger charge is 2.31. The second kappa shape index (κ2) is 5.98. The second-order valence-electron chi connectivity index (χ2n) is 6.01. The first-order chi connectivity index (χ1) is 12.4. The Labute approximate surface area is 147 Å². The van der Waals surface area contributed by atoms with Crippen molar-refractivity contribution in [1.82, 2.24) is 14.5 Å². The monoisotopic (exact) mass is 353 g/mol. The molecule has 0 fully saturated rings. The van der Waals surface area contributed by atoms with E-state index in [0.29, 0.717) is 22.3 Å². The summed E-state index contributed by atoms with van der Waals surface area (Å²) < 4.78 is 41.1. The summed E-state index contributed by atoms with van der Waals surface area (Å²) in [5.74, 6) is 0. The van der Waals surface area contributed by atoms with Crippen molar-refractivity contribution in [3.05, 3.63) is 78.2 Å². The Hall–Kier alpha value is -3.15. The highest BCUT2D eigenvalue weighted by Crippen LogP contribution is 2.35. The maximum absolute atomic E-state index is 13.1. The van der Waals surface area contributed by atoms with Gasteiger partial charge in [0.15, 0.2) is 0 Å². The van der Waals surface area contributed by atoms with Crippen LogP contribution >= 0.6 is 0 Å².